The fourth-order valence-corrected chi connectivity index (χ4v) is 3.67. The van der Waals surface area contributed by atoms with Crippen LogP contribution in [0.4, 0.5) is 0 Å². The molecule has 1 aromatic heterocycles. The van der Waals surface area contributed by atoms with Crippen LogP contribution in [0.25, 0.3) is 10.6 Å². The van der Waals surface area contributed by atoms with Crippen molar-refractivity contribution < 1.29 is 9.90 Å². The minimum atomic E-state index is -0.305. The van der Waals surface area contributed by atoms with E-state index in [0.717, 1.165) is 5.56 Å². The van der Waals surface area contributed by atoms with Crippen LogP contribution in [0.2, 0.25) is 10.0 Å². The lowest BCUT2D eigenvalue weighted by Crippen LogP contribution is -2.40. The molecule has 0 radical (unpaired) electrons. The van der Waals surface area contributed by atoms with Crippen LogP contribution in [0.15, 0.2) is 23.6 Å². The molecule has 1 N–H and O–H groups in total. The maximum Gasteiger partial charge on any atom is 0.273 e. The summed E-state index contributed by atoms with van der Waals surface area (Å²) in [4.78, 5) is 18.6. The first-order chi connectivity index (χ1) is 10.6. The highest BCUT2D eigenvalue weighted by molar-refractivity contribution is 7.13. The average Bonchev–Trinajstić information content (AvgIpc) is 3.00. The van der Waals surface area contributed by atoms with Crippen LogP contribution in [0.5, 0.6) is 0 Å². The summed E-state index contributed by atoms with van der Waals surface area (Å²) in [6.07, 6.45) is 0.923. The second-order valence-corrected chi connectivity index (χ2v) is 6.81. The van der Waals surface area contributed by atoms with Crippen molar-refractivity contribution >= 4 is 40.4 Å². The number of rotatable bonds is 2. The molecule has 1 saturated heterocycles. The van der Waals surface area contributed by atoms with Gasteiger partial charge in [-0.05, 0) is 18.9 Å². The van der Waals surface area contributed by atoms with E-state index >= 15 is 0 Å². The molecule has 0 unspecified atom stereocenters. The second kappa shape index (κ2) is 6.54. The Bertz CT molecular complexity index is 697. The molecule has 7 heteroatoms. The molecular formula is C15H14Cl2N2O2S. The summed E-state index contributed by atoms with van der Waals surface area (Å²) >= 11 is 13.6. The third-order valence-corrected chi connectivity index (χ3v) is 5.35. The van der Waals surface area contributed by atoms with Gasteiger partial charge in [-0.3, -0.25) is 4.79 Å². The summed E-state index contributed by atoms with van der Waals surface area (Å²) in [5, 5.41) is 12.8. The highest BCUT2D eigenvalue weighted by Crippen LogP contribution is 2.35. The van der Waals surface area contributed by atoms with Crippen molar-refractivity contribution in [2.45, 2.75) is 18.9 Å². The van der Waals surface area contributed by atoms with E-state index in [0.29, 0.717) is 46.7 Å². The van der Waals surface area contributed by atoms with E-state index in [-0.39, 0.29) is 12.0 Å². The number of piperidine rings is 1. The summed E-state index contributed by atoms with van der Waals surface area (Å²) < 4.78 is 0. The Morgan fingerprint density at radius 2 is 2.05 bits per heavy atom. The lowest BCUT2D eigenvalue weighted by molar-refractivity contribution is 0.0542. The number of carbonyl (C=O) groups excluding carboxylic acids is 1. The van der Waals surface area contributed by atoms with E-state index in [2.05, 4.69) is 4.98 Å². The van der Waals surface area contributed by atoms with Crippen molar-refractivity contribution in [3.63, 3.8) is 0 Å². The van der Waals surface area contributed by atoms with Crippen molar-refractivity contribution in [3.05, 3.63) is 39.3 Å². The van der Waals surface area contributed by atoms with Gasteiger partial charge in [0.25, 0.3) is 5.91 Å². The van der Waals surface area contributed by atoms with E-state index in [9.17, 15) is 9.90 Å². The van der Waals surface area contributed by atoms with Crippen molar-refractivity contribution in [2.24, 2.45) is 0 Å². The summed E-state index contributed by atoms with van der Waals surface area (Å²) in [5.41, 5.74) is 1.14. The molecule has 0 saturated carbocycles. The molecule has 1 aliphatic rings. The smallest absolute Gasteiger partial charge is 0.273 e. The third kappa shape index (κ3) is 3.13. The number of hydrogen-bond donors (Lipinski definition) is 1. The lowest BCUT2D eigenvalue weighted by Gasteiger charge is -2.28. The quantitative estimate of drug-likeness (QED) is 0.891. The van der Waals surface area contributed by atoms with Crippen LogP contribution < -0.4 is 0 Å². The summed E-state index contributed by atoms with van der Waals surface area (Å²) in [6.45, 7) is 1.12. The Hall–Kier alpha value is -1.14. The summed E-state index contributed by atoms with van der Waals surface area (Å²) in [5.74, 6) is -0.104. The van der Waals surface area contributed by atoms with Gasteiger partial charge < -0.3 is 10.0 Å². The van der Waals surface area contributed by atoms with Gasteiger partial charge in [-0.1, -0.05) is 35.3 Å². The number of aromatic nitrogens is 1. The third-order valence-electron chi connectivity index (χ3n) is 3.66. The Balaban J connectivity index is 1.82. The zero-order valence-corrected chi connectivity index (χ0v) is 14.0. The summed E-state index contributed by atoms with van der Waals surface area (Å²) in [6, 6.07) is 5.35. The molecule has 1 amide bonds. The number of benzene rings is 1. The van der Waals surface area contributed by atoms with Crippen LogP contribution in [0.3, 0.4) is 0 Å². The predicted molar refractivity (Wildman–Crippen MR) is 88.7 cm³/mol. The number of nitrogens with zero attached hydrogens (tertiary/aromatic N) is 2. The minimum absolute atomic E-state index is 0.104. The van der Waals surface area contributed by atoms with Gasteiger partial charge in [0, 0.05) is 24.0 Å². The highest BCUT2D eigenvalue weighted by atomic mass is 35.5. The number of carbonyl (C=O) groups is 1. The monoisotopic (exact) mass is 356 g/mol. The number of amides is 1. The number of halogens is 2. The van der Waals surface area contributed by atoms with E-state index in [1.54, 1.807) is 22.4 Å². The van der Waals surface area contributed by atoms with Crippen molar-refractivity contribution in [3.8, 4) is 10.6 Å². The molecule has 0 atom stereocenters. The molecule has 0 aliphatic carbocycles. The fraction of sp³-hybridized carbons (Fsp3) is 0.333. The fourth-order valence-electron chi connectivity index (χ4n) is 2.40. The Labute approximate surface area is 142 Å². The second-order valence-electron chi connectivity index (χ2n) is 5.16. The molecule has 2 aromatic rings. The van der Waals surface area contributed by atoms with E-state index in [4.69, 9.17) is 23.2 Å². The number of likely N-dealkylation sites (tertiary alicyclic amines) is 1. The Kier molecular flexibility index (Phi) is 4.68. The molecular weight excluding hydrogens is 343 g/mol. The molecule has 1 fully saturated rings. The maximum absolute atomic E-state index is 12.4. The lowest BCUT2D eigenvalue weighted by atomic mass is 10.1. The maximum atomic E-state index is 12.4. The van der Waals surface area contributed by atoms with Crippen LogP contribution in [-0.4, -0.2) is 40.1 Å². The molecule has 4 nitrogen and oxygen atoms in total. The average molecular weight is 357 g/mol. The van der Waals surface area contributed by atoms with Crippen LogP contribution in [0.1, 0.15) is 23.3 Å². The zero-order chi connectivity index (χ0) is 15.7. The number of aliphatic hydroxyl groups excluding tert-OH is 1. The number of thiazole rings is 1. The normalized spacial score (nSPS) is 16.0. The molecule has 116 valence electrons. The molecule has 1 aliphatic heterocycles. The molecule has 22 heavy (non-hydrogen) atoms. The number of aliphatic hydroxyl groups is 1. The van der Waals surface area contributed by atoms with E-state index in [1.165, 1.54) is 11.3 Å². The molecule has 0 spiro atoms. The molecule has 1 aromatic carbocycles. The predicted octanol–water partition coefficient (Wildman–Crippen LogP) is 3.71. The van der Waals surface area contributed by atoms with Crippen molar-refractivity contribution in [1.82, 2.24) is 9.88 Å². The van der Waals surface area contributed by atoms with Gasteiger partial charge >= 0.3 is 0 Å². The molecule has 3 rings (SSSR count). The van der Waals surface area contributed by atoms with Crippen LogP contribution in [0, 0.1) is 0 Å². The largest absolute Gasteiger partial charge is 0.393 e. The summed E-state index contributed by atoms with van der Waals surface area (Å²) in [7, 11) is 0. The topological polar surface area (TPSA) is 53.4 Å². The first kappa shape index (κ1) is 15.7. The SMILES string of the molecule is O=C(c1csc(-c2cccc(Cl)c2Cl)n1)N1CCC(O)CC1. The minimum Gasteiger partial charge on any atom is -0.393 e. The Morgan fingerprint density at radius 1 is 1.32 bits per heavy atom. The Morgan fingerprint density at radius 3 is 2.77 bits per heavy atom. The van der Waals surface area contributed by atoms with Gasteiger partial charge in [0.15, 0.2) is 0 Å². The van der Waals surface area contributed by atoms with Gasteiger partial charge in [-0.2, -0.15) is 0 Å². The van der Waals surface area contributed by atoms with Crippen molar-refractivity contribution in [1.29, 1.82) is 0 Å². The van der Waals surface area contributed by atoms with Gasteiger partial charge in [0.2, 0.25) is 0 Å². The first-order valence-electron chi connectivity index (χ1n) is 6.93. The van der Waals surface area contributed by atoms with E-state index < -0.39 is 0 Å². The molecule has 0 bridgehead atoms. The van der Waals surface area contributed by atoms with Gasteiger partial charge in [-0.25, -0.2) is 4.98 Å². The zero-order valence-electron chi connectivity index (χ0n) is 11.6. The number of hydrogen-bond acceptors (Lipinski definition) is 4. The van der Waals surface area contributed by atoms with Crippen molar-refractivity contribution in [2.75, 3.05) is 13.1 Å². The van der Waals surface area contributed by atoms with E-state index in [1.807, 2.05) is 6.07 Å². The first-order valence-corrected chi connectivity index (χ1v) is 8.57. The van der Waals surface area contributed by atoms with Gasteiger partial charge in [-0.15, -0.1) is 11.3 Å². The van der Waals surface area contributed by atoms with Crippen LogP contribution >= 0.6 is 34.5 Å². The van der Waals surface area contributed by atoms with Gasteiger partial charge in [0.05, 0.1) is 16.1 Å². The molecule has 2 heterocycles. The highest BCUT2D eigenvalue weighted by Gasteiger charge is 2.24. The van der Waals surface area contributed by atoms with Crippen LogP contribution in [-0.2, 0) is 0 Å². The van der Waals surface area contributed by atoms with Gasteiger partial charge in [0.1, 0.15) is 10.7 Å². The standard InChI is InChI=1S/C15H14Cl2N2O2S/c16-11-3-1-2-10(13(11)17)14-18-12(8-22-14)15(21)19-6-4-9(20)5-7-19/h1-3,8-9,20H,4-7H2.